The Balaban J connectivity index is 1.73. The van der Waals surface area contributed by atoms with Crippen molar-refractivity contribution in [3.63, 3.8) is 0 Å². The predicted molar refractivity (Wildman–Crippen MR) is 131 cm³/mol. The zero-order valence-electron chi connectivity index (χ0n) is 20.8. The summed E-state index contributed by atoms with van der Waals surface area (Å²) in [5.41, 5.74) is 0.542. The zero-order valence-corrected chi connectivity index (χ0v) is 20.8. The SMILES string of the molecule is CCCC[C@H](NC(=O)[C@@H]1CCCC[C@@H]1NC(=O)c1ccccc1)C(=O)c1nn(CC(C)C)c(=O)o1. The lowest BCUT2D eigenvalue weighted by molar-refractivity contribution is -0.127. The Morgan fingerprint density at radius 1 is 1.14 bits per heavy atom. The molecule has 1 aromatic heterocycles. The van der Waals surface area contributed by atoms with E-state index in [1.807, 2.05) is 26.8 Å². The summed E-state index contributed by atoms with van der Waals surface area (Å²) in [6.45, 7) is 6.21. The summed E-state index contributed by atoms with van der Waals surface area (Å²) in [5, 5.41) is 9.96. The van der Waals surface area contributed by atoms with Crippen molar-refractivity contribution in [2.45, 2.75) is 84.3 Å². The van der Waals surface area contributed by atoms with E-state index >= 15 is 0 Å². The molecular formula is C26H36N4O5. The summed E-state index contributed by atoms with van der Waals surface area (Å²) in [4.78, 5) is 51.3. The third-order valence-electron chi connectivity index (χ3n) is 6.29. The smallest absolute Gasteiger partial charge is 0.384 e. The van der Waals surface area contributed by atoms with E-state index < -0.39 is 23.5 Å². The molecule has 1 fully saturated rings. The number of hydrogen-bond donors (Lipinski definition) is 2. The van der Waals surface area contributed by atoms with Gasteiger partial charge in [-0.2, -0.15) is 4.68 Å². The quantitative estimate of drug-likeness (QED) is 0.472. The fraction of sp³-hybridized carbons (Fsp3) is 0.577. The van der Waals surface area contributed by atoms with Crippen LogP contribution in [0.4, 0.5) is 0 Å². The molecule has 1 aliphatic carbocycles. The Morgan fingerprint density at radius 2 is 1.86 bits per heavy atom. The fourth-order valence-corrected chi connectivity index (χ4v) is 4.43. The second kappa shape index (κ2) is 12.5. The van der Waals surface area contributed by atoms with Gasteiger partial charge in [0.2, 0.25) is 11.7 Å². The number of carbonyl (C=O) groups is 3. The van der Waals surface area contributed by atoms with Gasteiger partial charge in [0.25, 0.3) is 11.8 Å². The third kappa shape index (κ3) is 7.13. The van der Waals surface area contributed by atoms with Crippen LogP contribution in [0.3, 0.4) is 0 Å². The summed E-state index contributed by atoms with van der Waals surface area (Å²) in [7, 11) is 0. The van der Waals surface area contributed by atoms with Crippen molar-refractivity contribution in [1.29, 1.82) is 0 Å². The Bertz CT molecular complexity index is 1060. The zero-order chi connectivity index (χ0) is 25.4. The van der Waals surface area contributed by atoms with Crippen LogP contribution in [0.25, 0.3) is 0 Å². The molecule has 0 spiro atoms. The van der Waals surface area contributed by atoms with Gasteiger partial charge in [0.15, 0.2) is 0 Å². The van der Waals surface area contributed by atoms with Crippen LogP contribution in [-0.2, 0) is 11.3 Å². The second-order valence-corrected chi connectivity index (χ2v) is 9.65. The Morgan fingerprint density at radius 3 is 2.54 bits per heavy atom. The Hall–Kier alpha value is -3.23. The summed E-state index contributed by atoms with van der Waals surface area (Å²) in [6.07, 6.45) is 5.07. The van der Waals surface area contributed by atoms with Crippen LogP contribution in [0.2, 0.25) is 0 Å². The first-order valence-electron chi connectivity index (χ1n) is 12.6. The fourth-order valence-electron chi connectivity index (χ4n) is 4.43. The van der Waals surface area contributed by atoms with Gasteiger partial charge in [-0.25, -0.2) is 4.79 Å². The Kier molecular flexibility index (Phi) is 9.39. The van der Waals surface area contributed by atoms with E-state index in [0.717, 1.165) is 23.9 Å². The van der Waals surface area contributed by atoms with Crippen LogP contribution in [0.1, 0.15) is 86.8 Å². The maximum absolute atomic E-state index is 13.3. The summed E-state index contributed by atoms with van der Waals surface area (Å²) < 4.78 is 6.27. The normalized spacial score (nSPS) is 18.7. The highest BCUT2D eigenvalue weighted by Gasteiger charge is 2.35. The molecule has 0 bridgehead atoms. The maximum Gasteiger partial charge on any atom is 0.437 e. The summed E-state index contributed by atoms with van der Waals surface area (Å²) in [5.74, 6) is -2.25. The first kappa shape index (κ1) is 26.4. The number of hydrogen-bond acceptors (Lipinski definition) is 6. The first-order chi connectivity index (χ1) is 16.8. The van der Waals surface area contributed by atoms with Crippen LogP contribution < -0.4 is 16.4 Å². The monoisotopic (exact) mass is 484 g/mol. The number of rotatable bonds is 11. The molecule has 0 unspecified atom stereocenters. The molecule has 0 radical (unpaired) electrons. The highest BCUT2D eigenvalue weighted by molar-refractivity contribution is 5.99. The molecule has 9 nitrogen and oxygen atoms in total. The van der Waals surface area contributed by atoms with Crippen molar-refractivity contribution in [2.24, 2.45) is 11.8 Å². The number of benzene rings is 1. The number of ketones is 1. The summed E-state index contributed by atoms with van der Waals surface area (Å²) in [6, 6.07) is 7.74. The number of carbonyl (C=O) groups excluding carboxylic acids is 3. The predicted octanol–water partition coefficient (Wildman–Crippen LogP) is 3.34. The van der Waals surface area contributed by atoms with Gasteiger partial charge in [-0.1, -0.05) is 64.7 Å². The van der Waals surface area contributed by atoms with Gasteiger partial charge in [-0.3, -0.25) is 14.4 Å². The molecule has 3 atom stereocenters. The minimum Gasteiger partial charge on any atom is -0.384 e. The molecule has 2 N–H and O–H groups in total. The van der Waals surface area contributed by atoms with Gasteiger partial charge < -0.3 is 15.1 Å². The molecule has 1 saturated carbocycles. The molecule has 0 saturated heterocycles. The van der Waals surface area contributed by atoms with Gasteiger partial charge in [-0.05, 0) is 37.3 Å². The lowest BCUT2D eigenvalue weighted by atomic mass is 9.83. The highest BCUT2D eigenvalue weighted by atomic mass is 16.4. The molecule has 2 aromatic rings. The van der Waals surface area contributed by atoms with Crippen LogP contribution >= 0.6 is 0 Å². The molecule has 2 amide bonds. The minimum absolute atomic E-state index is 0.158. The van der Waals surface area contributed by atoms with Crippen LogP contribution in [0.5, 0.6) is 0 Å². The Labute approximate surface area is 205 Å². The van der Waals surface area contributed by atoms with Crippen LogP contribution in [-0.4, -0.2) is 39.5 Å². The molecule has 0 aliphatic heterocycles. The van der Waals surface area contributed by atoms with Crippen molar-refractivity contribution in [3.8, 4) is 0 Å². The average Bonchev–Trinajstić information content (AvgIpc) is 3.21. The van der Waals surface area contributed by atoms with E-state index in [-0.39, 0.29) is 29.7 Å². The van der Waals surface area contributed by atoms with Gasteiger partial charge in [0.05, 0.1) is 18.5 Å². The van der Waals surface area contributed by atoms with Gasteiger partial charge >= 0.3 is 5.76 Å². The van der Waals surface area contributed by atoms with Crippen molar-refractivity contribution >= 4 is 17.6 Å². The van der Waals surface area contributed by atoms with E-state index in [1.54, 1.807) is 24.3 Å². The van der Waals surface area contributed by atoms with Crippen molar-refractivity contribution in [1.82, 2.24) is 20.4 Å². The van der Waals surface area contributed by atoms with Crippen molar-refractivity contribution in [2.75, 3.05) is 0 Å². The van der Waals surface area contributed by atoms with Gasteiger partial charge in [-0.15, -0.1) is 5.10 Å². The molecule has 190 valence electrons. The van der Waals surface area contributed by atoms with E-state index in [2.05, 4.69) is 15.7 Å². The number of nitrogens with zero attached hydrogens (tertiary/aromatic N) is 2. The van der Waals surface area contributed by atoms with Crippen LogP contribution in [0.15, 0.2) is 39.5 Å². The van der Waals surface area contributed by atoms with Crippen molar-refractivity contribution < 1.29 is 18.8 Å². The molecule has 35 heavy (non-hydrogen) atoms. The molecule has 3 rings (SSSR count). The van der Waals surface area contributed by atoms with Gasteiger partial charge in [0.1, 0.15) is 0 Å². The van der Waals surface area contributed by atoms with Gasteiger partial charge in [0, 0.05) is 11.6 Å². The molecular weight excluding hydrogens is 448 g/mol. The molecule has 1 heterocycles. The highest BCUT2D eigenvalue weighted by Crippen LogP contribution is 2.25. The lowest BCUT2D eigenvalue weighted by Crippen LogP contribution is -2.51. The number of Topliss-reactive ketones (excluding diaryl/α,β-unsaturated/α-hetero) is 1. The number of nitrogens with one attached hydrogen (secondary N) is 2. The van der Waals surface area contributed by atoms with E-state index in [1.165, 1.54) is 0 Å². The summed E-state index contributed by atoms with van der Waals surface area (Å²) >= 11 is 0. The second-order valence-electron chi connectivity index (χ2n) is 9.65. The van der Waals surface area contributed by atoms with Crippen molar-refractivity contribution in [3.05, 3.63) is 52.3 Å². The third-order valence-corrected chi connectivity index (χ3v) is 6.29. The minimum atomic E-state index is -0.847. The lowest BCUT2D eigenvalue weighted by Gasteiger charge is -2.32. The van der Waals surface area contributed by atoms with E-state index in [0.29, 0.717) is 37.8 Å². The molecule has 1 aromatic carbocycles. The maximum atomic E-state index is 13.3. The number of unbranched alkanes of at least 4 members (excludes halogenated alkanes) is 1. The average molecular weight is 485 g/mol. The standard InChI is InChI=1S/C26H36N4O5/c1-4-5-14-21(22(31)25-29-30(16-17(2)3)26(34)35-25)28-24(33)19-13-9-10-15-20(19)27-23(32)18-11-7-6-8-12-18/h6-8,11-12,17,19-21H,4-5,9-10,13-16H2,1-3H3,(H,27,32)(H,28,33)/t19-,20+,21+/m1/s1. The molecule has 1 aliphatic rings. The van der Waals surface area contributed by atoms with Crippen LogP contribution in [0, 0.1) is 11.8 Å². The number of amides is 2. The van der Waals surface area contributed by atoms with E-state index in [9.17, 15) is 19.2 Å². The topological polar surface area (TPSA) is 123 Å². The first-order valence-corrected chi connectivity index (χ1v) is 12.6. The largest absolute Gasteiger partial charge is 0.437 e. The number of aromatic nitrogens is 2. The molecule has 9 heteroatoms. The van der Waals surface area contributed by atoms with E-state index in [4.69, 9.17) is 4.42 Å².